The van der Waals surface area contributed by atoms with Crippen LogP contribution in [0.15, 0.2) is 36.8 Å². The maximum absolute atomic E-state index is 5.84. The molecule has 0 aliphatic heterocycles. The Hall–Kier alpha value is 1.45. The first-order valence-corrected chi connectivity index (χ1v) is 19.6. The number of nitrogens with zero attached hydrogens (tertiary/aromatic N) is 1. The summed E-state index contributed by atoms with van der Waals surface area (Å²) in [4.78, 5) is 6.84. The number of nitrogens with two attached hydrogens (primary N) is 1. The number of aromatic amines is 1. The third-order valence-corrected chi connectivity index (χ3v) is 2.89. The molecule has 1 aromatic heterocycles. The Balaban J connectivity index is 0.000000444. The third-order valence-electron chi connectivity index (χ3n) is 2.64. The second kappa shape index (κ2) is 11.1. The molecule has 110 valence electrons. The van der Waals surface area contributed by atoms with Gasteiger partial charge in [0.25, 0.3) is 0 Å². The van der Waals surface area contributed by atoms with Crippen LogP contribution in [-0.4, -0.2) is 16.5 Å². The number of imidazole rings is 1. The van der Waals surface area contributed by atoms with E-state index in [2.05, 4.69) is 69.9 Å². The first-order valence-electron chi connectivity index (χ1n) is 5.73. The van der Waals surface area contributed by atoms with Gasteiger partial charge >= 0.3 is 64.9 Å². The molecule has 0 aliphatic rings. The molecule has 3 N–H and O–H groups in total. The second-order valence-electron chi connectivity index (χ2n) is 3.96. The molecule has 0 saturated carbocycles. The summed E-state index contributed by atoms with van der Waals surface area (Å²) in [6, 6.07) is 7.86. The van der Waals surface area contributed by atoms with Gasteiger partial charge in [-0.25, -0.2) is 4.98 Å². The molecule has 3 nitrogen and oxygen atoms in total. The summed E-state index contributed by atoms with van der Waals surface area (Å²) in [5.74, 6) is 0.281. The van der Waals surface area contributed by atoms with Crippen molar-refractivity contribution in [3.63, 3.8) is 0 Å². The fourth-order valence-electron chi connectivity index (χ4n) is 1.72. The van der Waals surface area contributed by atoms with Crippen molar-refractivity contribution in [1.82, 2.24) is 9.97 Å². The first kappa shape index (κ1) is 19.5. The quantitative estimate of drug-likeness (QED) is 0.452. The van der Waals surface area contributed by atoms with Crippen molar-refractivity contribution < 1.29 is 4.92 Å². The molecule has 2 aromatic rings. The fourth-order valence-corrected chi connectivity index (χ4v) is 1.84. The van der Waals surface area contributed by atoms with Crippen molar-refractivity contribution in [2.45, 2.75) is 12.3 Å². The Morgan fingerprint density at radius 3 is 2.30 bits per heavy atom. The molecule has 1 heterocycles. The summed E-state index contributed by atoms with van der Waals surface area (Å²) >= 11 is 13.2. The van der Waals surface area contributed by atoms with Gasteiger partial charge in [0.15, 0.2) is 0 Å². The Morgan fingerprint density at radius 2 is 1.85 bits per heavy atom. The van der Waals surface area contributed by atoms with Gasteiger partial charge in [-0.05, 0) is 24.1 Å². The molecule has 8 heteroatoms. The molecule has 0 radical (unpaired) electrons. The van der Waals surface area contributed by atoms with Gasteiger partial charge in [-0.3, -0.25) is 0 Å². The van der Waals surface area contributed by atoms with Gasteiger partial charge in [-0.15, -0.1) is 0 Å². The van der Waals surface area contributed by atoms with Gasteiger partial charge in [-0.2, -0.15) is 0 Å². The zero-order chi connectivity index (χ0) is 15.0. The summed E-state index contributed by atoms with van der Waals surface area (Å²) in [5, 5.41) is 0.759. The molecule has 0 aliphatic carbocycles. The average molecular weight is 667 g/mol. The first-order chi connectivity index (χ1) is 9.52. The topological polar surface area (TPSA) is 54.7 Å². The van der Waals surface area contributed by atoms with Crippen LogP contribution in [0.25, 0.3) is 0 Å². The number of aromatic nitrogens is 2. The molecule has 1 unspecified atom stereocenters. The molecule has 2 rings (SSSR count). The predicted molar refractivity (Wildman–Crippen MR) is 108 cm³/mol. The summed E-state index contributed by atoms with van der Waals surface area (Å²) in [5.41, 5.74) is 8.08. The van der Waals surface area contributed by atoms with E-state index in [1.54, 1.807) is 6.33 Å². The van der Waals surface area contributed by atoms with Gasteiger partial charge in [0.1, 0.15) is 0 Å². The molecule has 20 heavy (non-hydrogen) atoms. The van der Waals surface area contributed by atoms with Crippen LogP contribution in [0.3, 0.4) is 0 Å². The molecule has 0 bridgehead atoms. The van der Waals surface area contributed by atoms with Crippen molar-refractivity contribution in [1.29, 1.82) is 0 Å². The van der Waals surface area contributed by atoms with Crippen LogP contribution < -0.4 is 5.73 Å². The second-order valence-corrected chi connectivity index (χ2v) is 39.8. The summed E-state index contributed by atoms with van der Waals surface area (Å²) in [7, 11) is 0. The van der Waals surface area contributed by atoms with Crippen LogP contribution >= 0.6 is 71.5 Å². The van der Waals surface area contributed by atoms with E-state index in [4.69, 9.17) is 17.3 Å². The zero-order valence-corrected chi connectivity index (χ0v) is 19.1. The number of nitrogens with one attached hydrogen (secondary N) is 1. The van der Waals surface area contributed by atoms with E-state index in [1.165, 1.54) is 5.56 Å². The van der Waals surface area contributed by atoms with E-state index in [0.29, 0.717) is 6.54 Å². The van der Waals surface area contributed by atoms with E-state index < -0.39 is 0 Å². The van der Waals surface area contributed by atoms with E-state index in [1.807, 2.05) is 30.5 Å². The summed E-state index contributed by atoms with van der Waals surface area (Å²) < 4.78 is 0. The number of hydrogen-bond donors (Lipinski definition) is 2. The fraction of sp³-hybridized carbons (Fsp3) is 0.250. The molecular formula is C12H14ClI3N3V. The van der Waals surface area contributed by atoms with Crippen LogP contribution in [0.5, 0.6) is 0 Å². The van der Waals surface area contributed by atoms with E-state index in [-0.39, 0.29) is 10.8 Å². The standard InChI is InChI=1S/C12H14ClN3.3HI.V/c13-11-3-1-9(2-4-11)5-10(6-14)12-7-15-8-16-12;;;;/h1-4,7-8,10H,5-6,14H2,(H,15,16);3*1H;/q;;;;+3/p-3. The molecule has 0 saturated heterocycles. The van der Waals surface area contributed by atoms with E-state index in [0.717, 1.165) is 17.1 Å². The SMILES string of the molecule is NCC(Cc1ccc(Cl)cc1)c1cnc[nH]1.[I][V]([I])[I]. The number of halogens is 4. The summed E-state index contributed by atoms with van der Waals surface area (Å²) in [6.07, 6.45) is 4.41. The van der Waals surface area contributed by atoms with Crippen LogP contribution in [0, 0.1) is 0 Å². The average Bonchev–Trinajstić information content (AvgIpc) is 2.91. The molecule has 0 spiro atoms. The van der Waals surface area contributed by atoms with Crippen LogP contribution in [0.1, 0.15) is 17.2 Å². The van der Waals surface area contributed by atoms with Gasteiger partial charge in [-0.1, -0.05) is 23.7 Å². The predicted octanol–water partition coefficient (Wildman–Crippen LogP) is 5.00. The van der Waals surface area contributed by atoms with Crippen molar-refractivity contribution >= 4 is 71.5 Å². The molecule has 0 amide bonds. The Kier molecular flexibility index (Phi) is 10.8. The summed E-state index contributed by atoms with van der Waals surface area (Å²) in [6.45, 7) is 0.602. The molecule has 0 fully saturated rings. The molecule has 1 aromatic carbocycles. The van der Waals surface area contributed by atoms with Crippen molar-refractivity contribution in [2.75, 3.05) is 6.54 Å². The Bertz CT molecular complexity index is 476. The van der Waals surface area contributed by atoms with Crippen LogP contribution in [0.2, 0.25) is 5.02 Å². The maximum atomic E-state index is 5.84. The van der Waals surface area contributed by atoms with Crippen molar-refractivity contribution in [2.24, 2.45) is 5.73 Å². The van der Waals surface area contributed by atoms with Gasteiger partial charge in [0, 0.05) is 29.4 Å². The number of hydrogen-bond acceptors (Lipinski definition) is 2. The third kappa shape index (κ3) is 8.18. The van der Waals surface area contributed by atoms with Gasteiger partial charge in [0.2, 0.25) is 0 Å². The van der Waals surface area contributed by atoms with Crippen LogP contribution in [0.4, 0.5) is 0 Å². The monoisotopic (exact) mass is 667 g/mol. The van der Waals surface area contributed by atoms with Gasteiger partial charge < -0.3 is 10.7 Å². The van der Waals surface area contributed by atoms with E-state index in [9.17, 15) is 0 Å². The Morgan fingerprint density at radius 1 is 1.25 bits per heavy atom. The molecule has 1 atom stereocenters. The van der Waals surface area contributed by atoms with E-state index >= 15 is 0 Å². The van der Waals surface area contributed by atoms with Gasteiger partial charge in [0.05, 0.1) is 6.33 Å². The number of benzene rings is 1. The number of H-pyrrole nitrogens is 1. The van der Waals surface area contributed by atoms with Crippen LogP contribution in [-0.2, 0) is 11.3 Å². The zero-order valence-electron chi connectivity index (χ0n) is 10.4. The Labute approximate surface area is 161 Å². The normalized spacial score (nSPS) is 11.9. The molecular weight excluding hydrogens is 653 g/mol. The minimum atomic E-state index is -0.278. The van der Waals surface area contributed by atoms with Crippen molar-refractivity contribution in [3.05, 3.63) is 53.1 Å². The minimum absolute atomic E-state index is 0.278. The number of rotatable bonds is 4. The van der Waals surface area contributed by atoms with Crippen molar-refractivity contribution in [3.8, 4) is 0 Å².